The molecule has 1 heterocycles. The number of hydrogen-bond donors (Lipinski definition) is 1. The fourth-order valence-corrected chi connectivity index (χ4v) is 2.78. The highest BCUT2D eigenvalue weighted by molar-refractivity contribution is 7.92. The standard InChI is InChI=1S/C12H17NO5S2/c1-5-18-12(15)9-7(2)6-19-11(9)13-10(14)8(3)20(4,16)17/h6,8H,5H2,1-4H3,(H,13,14). The van der Waals surface area contributed by atoms with E-state index in [9.17, 15) is 18.0 Å². The smallest absolute Gasteiger partial charge is 0.341 e. The third kappa shape index (κ3) is 3.80. The van der Waals surface area contributed by atoms with Crippen LogP contribution in [0.2, 0.25) is 0 Å². The molecule has 0 radical (unpaired) electrons. The molecule has 1 aromatic rings. The van der Waals surface area contributed by atoms with Crippen LogP contribution in [-0.4, -0.2) is 38.4 Å². The summed E-state index contributed by atoms with van der Waals surface area (Å²) in [6.07, 6.45) is 0.989. The Kier molecular flexibility index (Phi) is 5.29. The molecule has 1 amide bonds. The Balaban J connectivity index is 3.00. The topological polar surface area (TPSA) is 89.5 Å². The highest BCUT2D eigenvalue weighted by atomic mass is 32.2. The van der Waals surface area contributed by atoms with Crippen molar-refractivity contribution in [2.75, 3.05) is 18.2 Å². The van der Waals surface area contributed by atoms with Gasteiger partial charge in [-0.25, -0.2) is 13.2 Å². The van der Waals surface area contributed by atoms with Gasteiger partial charge in [0.15, 0.2) is 9.84 Å². The van der Waals surface area contributed by atoms with Gasteiger partial charge in [0.2, 0.25) is 5.91 Å². The Morgan fingerprint density at radius 2 is 2.05 bits per heavy atom. The van der Waals surface area contributed by atoms with Gasteiger partial charge < -0.3 is 10.1 Å². The van der Waals surface area contributed by atoms with E-state index in [2.05, 4.69) is 5.32 Å². The van der Waals surface area contributed by atoms with Gasteiger partial charge in [-0.05, 0) is 31.7 Å². The van der Waals surface area contributed by atoms with E-state index in [0.29, 0.717) is 10.6 Å². The summed E-state index contributed by atoms with van der Waals surface area (Å²) >= 11 is 1.16. The van der Waals surface area contributed by atoms with Crippen molar-refractivity contribution in [3.8, 4) is 0 Å². The van der Waals surface area contributed by atoms with Crippen molar-refractivity contribution in [1.82, 2.24) is 0 Å². The molecule has 1 atom stereocenters. The lowest BCUT2D eigenvalue weighted by molar-refractivity contribution is -0.115. The van der Waals surface area contributed by atoms with Crippen LogP contribution >= 0.6 is 11.3 Å². The minimum atomic E-state index is -3.48. The number of esters is 1. The quantitative estimate of drug-likeness (QED) is 0.833. The Labute approximate surface area is 122 Å². The van der Waals surface area contributed by atoms with Crippen LogP contribution in [0.25, 0.3) is 0 Å². The molecule has 0 aliphatic carbocycles. The molecule has 0 fully saturated rings. The molecule has 0 aliphatic rings. The number of aryl methyl sites for hydroxylation is 1. The number of anilines is 1. The van der Waals surface area contributed by atoms with Gasteiger partial charge in [-0.3, -0.25) is 4.79 Å². The highest BCUT2D eigenvalue weighted by Crippen LogP contribution is 2.28. The highest BCUT2D eigenvalue weighted by Gasteiger charge is 2.26. The summed E-state index contributed by atoms with van der Waals surface area (Å²) in [5, 5.41) is 3.30. The van der Waals surface area contributed by atoms with Crippen LogP contribution in [0.15, 0.2) is 5.38 Å². The van der Waals surface area contributed by atoms with E-state index < -0.39 is 27.0 Å². The average Bonchev–Trinajstić information content (AvgIpc) is 2.68. The van der Waals surface area contributed by atoms with Crippen molar-refractivity contribution < 1.29 is 22.7 Å². The first-order valence-corrected chi connectivity index (χ1v) is 8.76. The van der Waals surface area contributed by atoms with E-state index in [0.717, 1.165) is 17.6 Å². The lowest BCUT2D eigenvalue weighted by Gasteiger charge is -2.11. The van der Waals surface area contributed by atoms with Crippen molar-refractivity contribution in [1.29, 1.82) is 0 Å². The number of ether oxygens (including phenoxy) is 1. The van der Waals surface area contributed by atoms with E-state index >= 15 is 0 Å². The second kappa shape index (κ2) is 6.36. The number of sulfone groups is 1. The van der Waals surface area contributed by atoms with Crippen molar-refractivity contribution in [2.24, 2.45) is 0 Å². The fraction of sp³-hybridized carbons (Fsp3) is 0.500. The Morgan fingerprint density at radius 1 is 1.45 bits per heavy atom. The van der Waals surface area contributed by atoms with Crippen LogP contribution in [0.4, 0.5) is 5.00 Å². The van der Waals surface area contributed by atoms with Gasteiger partial charge in [-0.15, -0.1) is 11.3 Å². The summed E-state index contributed by atoms with van der Waals surface area (Å²) in [5.74, 6) is -1.20. The van der Waals surface area contributed by atoms with Crippen molar-refractivity contribution in [3.63, 3.8) is 0 Å². The van der Waals surface area contributed by atoms with E-state index in [1.165, 1.54) is 6.92 Å². The zero-order valence-corrected chi connectivity index (χ0v) is 13.4. The Bertz CT molecular complexity index is 618. The molecule has 8 heteroatoms. The largest absolute Gasteiger partial charge is 0.462 e. The fourth-order valence-electron chi connectivity index (χ4n) is 1.40. The SMILES string of the molecule is CCOC(=O)c1c(C)csc1NC(=O)C(C)S(C)(=O)=O. The van der Waals surface area contributed by atoms with Crippen LogP contribution < -0.4 is 5.32 Å². The minimum absolute atomic E-state index is 0.223. The Hall–Kier alpha value is -1.41. The lowest BCUT2D eigenvalue weighted by Crippen LogP contribution is -2.32. The maximum atomic E-state index is 11.9. The van der Waals surface area contributed by atoms with Crippen LogP contribution in [0.3, 0.4) is 0 Å². The zero-order chi connectivity index (χ0) is 15.5. The maximum absolute atomic E-state index is 11.9. The third-order valence-corrected chi connectivity index (χ3v) is 5.21. The van der Waals surface area contributed by atoms with E-state index in [4.69, 9.17) is 4.74 Å². The van der Waals surface area contributed by atoms with Gasteiger partial charge in [0, 0.05) is 6.26 Å². The van der Waals surface area contributed by atoms with E-state index in [1.54, 1.807) is 19.2 Å². The molecule has 20 heavy (non-hydrogen) atoms. The molecule has 0 spiro atoms. The number of nitrogens with one attached hydrogen (secondary N) is 1. The number of amides is 1. The van der Waals surface area contributed by atoms with E-state index in [1.807, 2.05) is 0 Å². The van der Waals surface area contributed by atoms with Crippen molar-refractivity contribution in [3.05, 3.63) is 16.5 Å². The molecule has 1 unspecified atom stereocenters. The van der Waals surface area contributed by atoms with Gasteiger partial charge in [-0.2, -0.15) is 0 Å². The van der Waals surface area contributed by atoms with Crippen LogP contribution in [0.1, 0.15) is 29.8 Å². The molecule has 0 saturated carbocycles. The zero-order valence-electron chi connectivity index (χ0n) is 11.7. The van der Waals surface area contributed by atoms with Crippen LogP contribution in [-0.2, 0) is 19.4 Å². The van der Waals surface area contributed by atoms with E-state index in [-0.39, 0.29) is 12.2 Å². The molecule has 0 aromatic carbocycles. The van der Waals surface area contributed by atoms with Crippen molar-refractivity contribution >= 4 is 38.1 Å². The van der Waals surface area contributed by atoms with Crippen LogP contribution in [0.5, 0.6) is 0 Å². The monoisotopic (exact) mass is 319 g/mol. The molecule has 112 valence electrons. The average molecular weight is 319 g/mol. The molecule has 1 N–H and O–H groups in total. The maximum Gasteiger partial charge on any atom is 0.341 e. The number of carbonyl (C=O) groups excluding carboxylic acids is 2. The summed E-state index contributed by atoms with van der Waals surface area (Å²) in [7, 11) is -3.48. The van der Waals surface area contributed by atoms with Gasteiger partial charge >= 0.3 is 5.97 Å². The molecule has 1 rings (SSSR count). The predicted octanol–water partition coefficient (Wildman–Crippen LogP) is 1.60. The minimum Gasteiger partial charge on any atom is -0.462 e. The number of carbonyl (C=O) groups is 2. The summed E-state index contributed by atoms with van der Waals surface area (Å²) in [6.45, 7) is 4.93. The number of rotatable bonds is 5. The first-order chi connectivity index (χ1) is 9.18. The molecule has 0 aliphatic heterocycles. The number of hydrogen-bond acceptors (Lipinski definition) is 6. The summed E-state index contributed by atoms with van der Waals surface area (Å²) in [4.78, 5) is 23.7. The first kappa shape index (κ1) is 16.6. The van der Waals surface area contributed by atoms with Gasteiger partial charge in [-0.1, -0.05) is 0 Å². The van der Waals surface area contributed by atoms with Gasteiger partial charge in [0.25, 0.3) is 0 Å². The molecular formula is C12H17NO5S2. The predicted molar refractivity (Wildman–Crippen MR) is 77.9 cm³/mol. The molecule has 0 saturated heterocycles. The normalized spacial score (nSPS) is 12.8. The molecular weight excluding hydrogens is 302 g/mol. The lowest BCUT2D eigenvalue weighted by atomic mass is 10.2. The molecule has 0 bridgehead atoms. The number of thiophene rings is 1. The second-order valence-corrected chi connectivity index (χ2v) is 7.55. The van der Waals surface area contributed by atoms with Crippen LogP contribution in [0, 0.1) is 6.92 Å². The Morgan fingerprint density at radius 3 is 2.55 bits per heavy atom. The van der Waals surface area contributed by atoms with Gasteiger partial charge in [0.05, 0.1) is 12.2 Å². The summed E-state index contributed by atoms with van der Waals surface area (Å²) in [5.41, 5.74) is 0.946. The molecule has 6 nitrogen and oxygen atoms in total. The summed E-state index contributed by atoms with van der Waals surface area (Å²) < 4.78 is 27.6. The summed E-state index contributed by atoms with van der Waals surface area (Å²) in [6, 6.07) is 0. The van der Waals surface area contributed by atoms with Gasteiger partial charge in [0.1, 0.15) is 10.3 Å². The third-order valence-electron chi connectivity index (χ3n) is 2.70. The first-order valence-electron chi connectivity index (χ1n) is 5.93. The molecule has 1 aromatic heterocycles. The second-order valence-electron chi connectivity index (χ2n) is 4.30. The van der Waals surface area contributed by atoms with Crippen molar-refractivity contribution in [2.45, 2.75) is 26.0 Å².